The molecule has 1 aromatic carbocycles. The first-order chi connectivity index (χ1) is 10.2. The highest BCUT2D eigenvalue weighted by Crippen LogP contribution is 2.19. The number of hydrogen-bond acceptors (Lipinski definition) is 3. The fourth-order valence-corrected chi connectivity index (χ4v) is 2.49. The van der Waals surface area contributed by atoms with Crippen molar-refractivity contribution in [3.63, 3.8) is 0 Å². The molecule has 1 aromatic heterocycles. The summed E-state index contributed by atoms with van der Waals surface area (Å²) < 4.78 is 0. The predicted molar refractivity (Wildman–Crippen MR) is 84.9 cm³/mol. The summed E-state index contributed by atoms with van der Waals surface area (Å²) >= 11 is 0. The van der Waals surface area contributed by atoms with E-state index in [0.29, 0.717) is 5.56 Å². The molecule has 110 valence electrons. The van der Waals surface area contributed by atoms with E-state index in [-0.39, 0.29) is 5.91 Å². The van der Waals surface area contributed by atoms with Gasteiger partial charge in [-0.3, -0.25) is 4.79 Å². The Balaban J connectivity index is 1.63. The van der Waals surface area contributed by atoms with Crippen LogP contribution in [-0.4, -0.2) is 49.0 Å². The highest BCUT2D eigenvalue weighted by atomic mass is 16.1. The normalized spacial score (nSPS) is 16.0. The van der Waals surface area contributed by atoms with Crippen LogP contribution in [0.4, 0.5) is 11.4 Å². The standard InChI is InChI=1S/C16H20N4O/c1-19-8-10-20(11-9-19)15-4-2-14(3-5-15)18-16(21)13-6-7-17-12-13/h2-7,12,17H,8-11H2,1H3,(H,18,21). The van der Waals surface area contributed by atoms with Gasteiger partial charge in [-0.15, -0.1) is 0 Å². The zero-order chi connectivity index (χ0) is 14.7. The van der Waals surface area contributed by atoms with Gasteiger partial charge in [0, 0.05) is 49.9 Å². The van der Waals surface area contributed by atoms with Crippen LogP contribution < -0.4 is 10.2 Å². The van der Waals surface area contributed by atoms with Crippen LogP contribution in [0.2, 0.25) is 0 Å². The molecule has 1 amide bonds. The van der Waals surface area contributed by atoms with Crippen LogP contribution in [-0.2, 0) is 0 Å². The number of nitrogens with one attached hydrogen (secondary N) is 2. The van der Waals surface area contributed by atoms with Crippen LogP contribution in [0.15, 0.2) is 42.7 Å². The van der Waals surface area contributed by atoms with Gasteiger partial charge < -0.3 is 20.1 Å². The fourth-order valence-electron chi connectivity index (χ4n) is 2.49. The third kappa shape index (κ3) is 3.25. The molecule has 5 heteroatoms. The average Bonchev–Trinajstić information content (AvgIpc) is 3.03. The second kappa shape index (κ2) is 6.01. The Morgan fingerprint density at radius 2 is 1.81 bits per heavy atom. The lowest BCUT2D eigenvalue weighted by Gasteiger charge is -2.34. The first-order valence-corrected chi connectivity index (χ1v) is 7.20. The van der Waals surface area contributed by atoms with Crippen LogP contribution in [0.1, 0.15) is 10.4 Å². The quantitative estimate of drug-likeness (QED) is 0.906. The van der Waals surface area contributed by atoms with E-state index in [1.54, 1.807) is 18.5 Å². The van der Waals surface area contributed by atoms with Gasteiger partial charge in [0.2, 0.25) is 0 Å². The van der Waals surface area contributed by atoms with Gasteiger partial charge in [0.05, 0.1) is 5.56 Å². The first-order valence-electron chi connectivity index (χ1n) is 7.20. The van der Waals surface area contributed by atoms with Crippen molar-refractivity contribution in [2.75, 3.05) is 43.4 Å². The molecule has 0 atom stereocenters. The molecule has 2 heterocycles. The van der Waals surface area contributed by atoms with Crippen molar-refractivity contribution in [1.82, 2.24) is 9.88 Å². The van der Waals surface area contributed by atoms with Crippen molar-refractivity contribution < 1.29 is 4.79 Å². The summed E-state index contributed by atoms with van der Waals surface area (Å²) in [6, 6.07) is 9.81. The Morgan fingerprint density at radius 3 is 2.43 bits per heavy atom. The molecule has 3 rings (SSSR count). The number of aromatic nitrogens is 1. The number of aromatic amines is 1. The van der Waals surface area contributed by atoms with Crippen LogP contribution in [0.3, 0.4) is 0 Å². The third-order valence-corrected chi connectivity index (χ3v) is 3.85. The van der Waals surface area contributed by atoms with Crippen molar-refractivity contribution >= 4 is 17.3 Å². The van der Waals surface area contributed by atoms with Gasteiger partial charge in [-0.05, 0) is 37.4 Å². The second-order valence-electron chi connectivity index (χ2n) is 5.39. The molecule has 0 aliphatic carbocycles. The topological polar surface area (TPSA) is 51.4 Å². The van der Waals surface area contributed by atoms with E-state index in [9.17, 15) is 4.79 Å². The van der Waals surface area contributed by atoms with E-state index < -0.39 is 0 Å². The van der Waals surface area contributed by atoms with Crippen LogP contribution in [0.5, 0.6) is 0 Å². The Morgan fingerprint density at radius 1 is 1.10 bits per heavy atom. The van der Waals surface area contributed by atoms with Crippen LogP contribution in [0, 0.1) is 0 Å². The first kappa shape index (κ1) is 13.7. The van der Waals surface area contributed by atoms with Gasteiger partial charge in [-0.1, -0.05) is 0 Å². The Kier molecular flexibility index (Phi) is 3.92. The number of rotatable bonds is 3. The van der Waals surface area contributed by atoms with Crippen molar-refractivity contribution in [3.8, 4) is 0 Å². The van der Waals surface area contributed by atoms with Gasteiger partial charge in [0.25, 0.3) is 5.91 Å². The summed E-state index contributed by atoms with van der Waals surface area (Å²) in [5, 5.41) is 2.90. The van der Waals surface area contributed by atoms with E-state index in [4.69, 9.17) is 0 Å². The summed E-state index contributed by atoms with van der Waals surface area (Å²) in [5.41, 5.74) is 2.67. The number of anilines is 2. The smallest absolute Gasteiger partial charge is 0.257 e. The largest absolute Gasteiger partial charge is 0.369 e. The molecule has 0 bridgehead atoms. The van der Waals surface area contributed by atoms with Crippen molar-refractivity contribution in [2.45, 2.75) is 0 Å². The highest BCUT2D eigenvalue weighted by Gasteiger charge is 2.14. The minimum absolute atomic E-state index is 0.0939. The lowest BCUT2D eigenvalue weighted by molar-refractivity contribution is 0.102. The zero-order valence-electron chi connectivity index (χ0n) is 12.2. The Hall–Kier alpha value is -2.27. The van der Waals surface area contributed by atoms with E-state index in [1.807, 2.05) is 12.1 Å². The lowest BCUT2D eigenvalue weighted by Crippen LogP contribution is -2.44. The highest BCUT2D eigenvalue weighted by molar-refractivity contribution is 6.04. The Labute approximate surface area is 124 Å². The van der Waals surface area contributed by atoms with E-state index >= 15 is 0 Å². The van der Waals surface area contributed by atoms with E-state index in [0.717, 1.165) is 31.9 Å². The molecule has 0 radical (unpaired) electrons. The van der Waals surface area contributed by atoms with Gasteiger partial charge in [-0.2, -0.15) is 0 Å². The fraction of sp³-hybridized carbons (Fsp3) is 0.312. The molecule has 1 aliphatic rings. The molecule has 1 aliphatic heterocycles. The number of benzene rings is 1. The number of H-pyrrole nitrogens is 1. The lowest BCUT2D eigenvalue weighted by atomic mass is 10.2. The van der Waals surface area contributed by atoms with E-state index in [1.165, 1.54) is 5.69 Å². The molecule has 5 nitrogen and oxygen atoms in total. The number of likely N-dealkylation sites (N-methyl/N-ethyl adjacent to an activating group) is 1. The van der Waals surface area contributed by atoms with Crippen molar-refractivity contribution in [2.24, 2.45) is 0 Å². The summed E-state index contributed by atoms with van der Waals surface area (Å²) in [5.74, 6) is -0.0939. The molecule has 2 aromatic rings. The maximum Gasteiger partial charge on any atom is 0.257 e. The minimum atomic E-state index is -0.0939. The molecule has 0 unspecified atom stereocenters. The molecule has 0 spiro atoms. The van der Waals surface area contributed by atoms with E-state index in [2.05, 4.69) is 39.3 Å². The second-order valence-corrected chi connectivity index (χ2v) is 5.39. The molecular formula is C16H20N4O. The zero-order valence-corrected chi connectivity index (χ0v) is 12.2. The van der Waals surface area contributed by atoms with Crippen molar-refractivity contribution in [1.29, 1.82) is 0 Å². The molecular weight excluding hydrogens is 264 g/mol. The van der Waals surface area contributed by atoms with Gasteiger partial charge in [0.15, 0.2) is 0 Å². The minimum Gasteiger partial charge on any atom is -0.369 e. The number of carbonyl (C=O) groups is 1. The SMILES string of the molecule is CN1CCN(c2ccc(NC(=O)c3cc[nH]c3)cc2)CC1. The predicted octanol–water partition coefficient (Wildman–Crippen LogP) is 2.02. The van der Waals surface area contributed by atoms with Gasteiger partial charge >= 0.3 is 0 Å². The number of carbonyl (C=O) groups excluding carboxylic acids is 1. The van der Waals surface area contributed by atoms with Gasteiger partial charge in [0.1, 0.15) is 0 Å². The average molecular weight is 284 g/mol. The maximum atomic E-state index is 12.0. The van der Waals surface area contributed by atoms with Gasteiger partial charge in [-0.25, -0.2) is 0 Å². The summed E-state index contributed by atoms with van der Waals surface area (Å²) in [6.07, 6.45) is 3.43. The van der Waals surface area contributed by atoms with Crippen molar-refractivity contribution in [3.05, 3.63) is 48.3 Å². The Bertz CT molecular complexity index is 583. The summed E-state index contributed by atoms with van der Waals surface area (Å²) in [7, 11) is 2.15. The monoisotopic (exact) mass is 284 g/mol. The molecule has 2 N–H and O–H groups in total. The van der Waals surface area contributed by atoms with Crippen LogP contribution >= 0.6 is 0 Å². The molecule has 1 saturated heterocycles. The number of nitrogens with zero attached hydrogens (tertiary/aromatic N) is 2. The number of piperazine rings is 1. The summed E-state index contributed by atoms with van der Waals surface area (Å²) in [4.78, 5) is 19.5. The molecule has 0 saturated carbocycles. The van der Waals surface area contributed by atoms with Crippen LogP contribution in [0.25, 0.3) is 0 Å². The molecule has 1 fully saturated rings. The number of amides is 1. The summed E-state index contributed by atoms with van der Waals surface area (Å²) in [6.45, 7) is 4.27. The molecule has 21 heavy (non-hydrogen) atoms. The maximum absolute atomic E-state index is 12.0. The number of hydrogen-bond donors (Lipinski definition) is 2. The third-order valence-electron chi connectivity index (χ3n) is 3.85.